The average Bonchev–Trinajstić information content (AvgIpc) is 3.79. The van der Waals surface area contributed by atoms with Crippen molar-refractivity contribution in [3.63, 3.8) is 0 Å². The molecule has 5 heterocycles. The van der Waals surface area contributed by atoms with Crippen LogP contribution in [0.15, 0.2) is 158 Å². The summed E-state index contributed by atoms with van der Waals surface area (Å²) in [6, 6.07) is 60.8. The molecule has 3 aliphatic heterocycles. The summed E-state index contributed by atoms with van der Waals surface area (Å²) in [5.41, 5.74) is 12.2. The summed E-state index contributed by atoms with van der Waals surface area (Å²) in [6.45, 7) is 9.05. The zero-order valence-electron chi connectivity index (χ0n) is 34.0. The van der Waals surface area contributed by atoms with Crippen LogP contribution in [0.2, 0.25) is 0 Å². The summed E-state index contributed by atoms with van der Waals surface area (Å²) >= 11 is 0. The van der Waals surface area contributed by atoms with E-state index in [-0.39, 0.29) is 26.5 Å². The van der Waals surface area contributed by atoms with Crippen molar-refractivity contribution in [2.75, 3.05) is 16.8 Å². The van der Waals surface area contributed by atoms with E-state index >= 15 is 0 Å². The Labute approximate surface area is 369 Å². The van der Waals surface area contributed by atoms with Crippen LogP contribution in [0.3, 0.4) is 0 Å². The van der Waals surface area contributed by atoms with Gasteiger partial charge in [-0.2, -0.15) is 18.8 Å². The van der Waals surface area contributed by atoms with Crippen LogP contribution >= 0.6 is 0 Å². The van der Waals surface area contributed by atoms with Gasteiger partial charge in [0.2, 0.25) is 0 Å². The van der Waals surface area contributed by atoms with Crippen LogP contribution < -0.4 is 19.3 Å². The zero-order valence-corrected chi connectivity index (χ0v) is 36.3. The Morgan fingerprint density at radius 2 is 1.46 bits per heavy atom. The molecule has 1 atom stereocenters. The standard InChI is InChI=1S/C54H39N4O2.Pt/c1-53(2,3)41-17-13-21-49-51(41)54(43-30-35(23-28-48(43)60-49)34-14-6-5-7-15-34)40-27-25-37(32-47(40)57-33-56(4)45-20-12-18-42(54)52(45)57)59-36-24-26-39-38-16-8-9-19-44(38)58(46(39)31-36)50-22-10-11-29-55-50;/h5-30,33H,1-4H3;/q-3;. The van der Waals surface area contributed by atoms with Crippen LogP contribution in [0.4, 0.5) is 17.1 Å². The summed E-state index contributed by atoms with van der Waals surface area (Å²) in [4.78, 5) is 9.22. The number of nitrogens with zero attached hydrogens (tertiary/aromatic N) is 4. The summed E-state index contributed by atoms with van der Waals surface area (Å²) in [5.74, 6) is 3.72. The molecule has 6 nitrogen and oxygen atoms in total. The molecule has 7 heteroatoms. The fourth-order valence-corrected chi connectivity index (χ4v) is 9.93. The van der Waals surface area contributed by atoms with Crippen molar-refractivity contribution < 1.29 is 30.5 Å². The molecule has 0 bridgehead atoms. The van der Waals surface area contributed by atoms with Crippen LogP contribution in [-0.2, 0) is 31.9 Å². The van der Waals surface area contributed by atoms with Crippen LogP contribution in [0, 0.1) is 18.8 Å². The van der Waals surface area contributed by atoms with Gasteiger partial charge in [-0.25, -0.2) is 4.98 Å². The van der Waals surface area contributed by atoms with Crippen molar-refractivity contribution in [2.45, 2.75) is 31.6 Å². The molecule has 12 rings (SSSR count). The summed E-state index contributed by atoms with van der Waals surface area (Å²) in [5, 5.41) is 2.22. The number of hydrogen-bond acceptors (Lipinski definition) is 5. The molecule has 61 heavy (non-hydrogen) atoms. The maximum atomic E-state index is 6.98. The molecule has 0 aliphatic carbocycles. The Balaban J connectivity index is 0.00000420. The van der Waals surface area contributed by atoms with E-state index in [0.29, 0.717) is 11.5 Å². The number of ether oxygens (including phenoxy) is 2. The smallest absolute Gasteiger partial charge is 0.135 e. The fourth-order valence-electron chi connectivity index (χ4n) is 9.93. The molecule has 2 aromatic heterocycles. The monoisotopic (exact) mass is 970 g/mol. The van der Waals surface area contributed by atoms with Crippen molar-refractivity contribution in [1.82, 2.24) is 9.55 Å². The SMILES string of the molecule is CN1[CH-]N2c3[c-]c(Oc4[c-]c5c(cc4)c4ccccc4n5-c4ccccn4)ccc3C3(c4cc(-c5ccccc5)ccc4Oc4cccc(C(C)(C)C)c43)c3cccc1c32.[Pt]. The number of para-hydroxylation sites is 2. The molecule has 300 valence electrons. The van der Waals surface area contributed by atoms with Crippen molar-refractivity contribution in [3.8, 4) is 39.9 Å². The van der Waals surface area contributed by atoms with E-state index < -0.39 is 5.41 Å². The normalized spacial score (nSPS) is 15.8. The van der Waals surface area contributed by atoms with Crippen molar-refractivity contribution in [3.05, 3.63) is 204 Å². The van der Waals surface area contributed by atoms with Crippen molar-refractivity contribution in [1.29, 1.82) is 0 Å². The van der Waals surface area contributed by atoms with E-state index in [9.17, 15) is 0 Å². The molecule has 0 N–H and O–H groups in total. The summed E-state index contributed by atoms with van der Waals surface area (Å²) < 4.78 is 15.9. The zero-order chi connectivity index (χ0) is 40.3. The number of rotatable bonds is 4. The second-order valence-electron chi connectivity index (χ2n) is 16.9. The third-order valence-electron chi connectivity index (χ3n) is 12.4. The Morgan fingerprint density at radius 3 is 2.30 bits per heavy atom. The van der Waals surface area contributed by atoms with Crippen molar-refractivity contribution >= 4 is 38.9 Å². The van der Waals surface area contributed by atoms with Gasteiger partial charge in [0.25, 0.3) is 0 Å². The fraction of sp³-hybridized carbons (Fsp3) is 0.111. The Bertz CT molecular complexity index is 3210. The first kappa shape index (κ1) is 37.4. The predicted octanol–water partition coefficient (Wildman–Crippen LogP) is 13.0. The largest absolute Gasteiger partial charge is 0.509 e. The molecule has 1 spiro atoms. The number of pyridine rings is 1. The van der Waals surface area contributed by atoms with Gasteiger partial charge in [0.1, 0.15) is 17.3 Å². The number of hydrogen-bond donors (Lipinski definition) is 0. The molecular weight excluding hydrogens is 932 g/mol. The van der Waals surface area contributed by atoms with E-state index in [0.717, 1.165) is 84.0 Å². The summed E-state index contributed by atoms with van der Waals surface area (Å²) in [6.07, 6.45) is 1.82. The van der Waals surface area contributed by atoms with Gasteiger partial charge in [-0.3, -0.25) is 0 Å². The predicted molar refractivity (Wildman–Crippen MR) is 240 cm³/mol. The average molecular weight is 971 g/mol. The Morgan fingerprint density at radius 1 is 0.672 bits per heavy atom. The molecule has 0 amide bonds. The molecule has 0 saturated carbocycles. The van der Waals surface area contributed by atoms with E-state index in [1.807, 2.05) is 30.5 Å². The Kier molecular flexibility index (Phi) is 8.40. The van der Waals surface area contributed by atoms with Gasteiger partial charge in [-0.1, -0.05) is 117 Å². The van der Waals surface area contributed by atoms with E-state index in [1.54, 1.807) is 0 Å². The maximum Gasteiger partial charge on any atom is 0.135 e. The van der Waals surface area contributed by atoms with Gasteiger partial charge in [0.05, 0.1) is 0 Å². The van der Waals surface area contributed by atoms with Gasteiger partial charge >= 0.3 is 0 Å². The second kappa shape index (κ2) is 13.7. The quantitative estimate of drug-likeness (QED) is 0.164. The maximum absolute atomic E-state index is 6.98. The minimum Gasteiger partial charge on any atom is -0.509 e. The summed E-state index contributed by atoms with van der Waals surface area (Å²) in [7, 11) is 2.12. The van der Waals surface area contributed by atoms with Gasteiger partial charge in [-0.15, -0.1) is 35.2 Å². The number of anilines is 3. The molecule has 0 saturated heterocycles. The van der Waals surface area contributed by atoms with Crippen molar-refractivity contribution in [2.24, 2.45) is 0 Å². The van der Waals surface area contributed by atoms with Crippen LogP contribution in [0.1, 0.15) is 48.6 Å². The Hall–Kier alpha value is -6.62. The van der Waals surface area contributed by atoms with E-state index in [1.165, 1.54) is 11.1 Å². The number of fused-ring (bicyclic) bond motifs is 11. The van der Waals surface area contributed by atoms with Crippen LogP contribution in [-0.4, -0.2) is 16.6 Å². The molecule has 1 unspecified atom stereocenters. The molecule has 0 radical (unpaired) electrons. The third-order valence-corrected chi connectivity index (χ3v) is 12.4. The molecular formula is C54H39N4O2Pt-3. The van der Waals surface area contributed by atoms with Crippen LogP contribution in [0.5, 0.6) is 23.0 Å². The van der Waals surface area contributed by atoms with Crippen LogP contribution in [0.25, 0.3) is 38.8 Å². The van der Waals surface area contributed by atoms with Gasteiger partial charge in [0, 0.05) is 72.2 Å². The van der Waals surface area contributed by atoms with Gasteiger partial charge in [0.15, 0.2) is 0 Å². The second-order valence-corrected chi connectivity index (χ2v) is 16.9. The first-order valence-corrected chi connectivity index (χ1v) is 20.4. The minimum absolute atomic E-state index is 0. The number of aromatic nitrogens is 2. The van der Waals surface area contributed by atoms with E-state index in [2.05, 4.69) is 188 Å². The molecule has 3 aliphatic rings. The minimum atomic E-state index is -0.766. The third kappa shape index (κ3) is 5.41. The molecule has 0 fully saturated rings. The molecule has 9 aromatic rings. The topological polar surface area (TPSA) is 42.8 Å². The van der Waals surface area contributed by atoms with Gasteiger partial charge in [-0.05, 0) is 82.6 Å². The molecule has 7 aromatic carbocycles. The first-order chi connectivity index (χ1) is 29.3. The first-order valence-electron chi connectivity index (χ1n) is 20.4. The van der Waals surface area contributed by atoms with Gasteiger partial charge < -0.3 is 23.8 Å². The number of benzene rings is 7. The van der Waals surface area contributed by atoms with E-state index in [4.69, 9.17) is 14.5 Å².